The van der Waals surface area contributed by atoms with Gasteiger partial charge in [-0.3, -0.25) is 0 Å². The molecule has 1 saturated carbocycles. The van der Waals surface area contributed by atoms with Crippen molar-refractivity contribution in [3.05, 3.63) is 35.7 Å². The van der Waals surface area contributed by atoms with Crippen LogP contribution in [0.15, 0.2) is 34.6 Å². The molecule has 19 heavy (non-hydrogen) atoms. The van der Waals surface area contributed by atoms with Crippen molar-refractivity contribution in [1.29, 1.82) is 0 Å². The van der Waals surface area contributed by atoms with Gasteiger partial charge in [-0.05, 0) is 48.7 Å². The van der Waals surface area contributed by atoms with Crippen molar-refractivity contribution in [1.82, 2.24) is 20.1 Å². The highest BCUT2D eigenvalue weighted by Crippen LogP contribution is 2.29. The fourth-order valence-electron chi connectivity index (χ4n) is 1.96. The number of benzene rings is 1. The molecule has 1 N–H and O–H groups in total. The predicted octanol–water partition coefficient (Wildman–Crippen LogP) is 2.53. The number of nitrogens with one attached hydrogen (secondary N) is 1. The maximum absolute atomic E-state index is 4.24. The summed E-state index contributed by atoms with van der Waals surface area (Å²) in [5.41, 5.74) is 2.65. The van der Waals surface area contributed by atoms with Crippen molar-refractivity contribution < 1.29 is 0 Å². The maximum Gasteiger partial charge on any atom is 0.190 e. The highest BCUT2D eigenvalue weighted by molar-refractivity contribution is 7.99. The molecule has 4 nitrogen and oxygen atoms in total. The minimum atomic E-state index is 0.757. The minimum absolute atomic E-state index is 0.757. The monoisotopic (exact) mass is 274 g/mol. The summed E-state index contributed by atoms with van der Waals surface area (Å²) in [5.74, 6) is 0. The number of aromatic nitrogens is 3. The molecule has 0 amide bonds. The summed E-state index contributed by atoms with van der Waals surface area (Å²) in [4.78, 5) is 5.49. The van der Waals surface area contributed by atoms with Crippen LogP contribution in [0.4, 0.5) is 0 Å². The third kappa shape index (κ3) is 3.16. The highest BCUT2D eigenvalue weighted by Gasteiger charge is 2.19. The number of hydrogen-bond acceptors (Lipinski definition) is 4. The van der Waals surface area contributed by atoms with Gasteiger partial charge in [0.1, 0.15) is 6.33 Å². The van der Waals surface area contributed by atoms with Crippen LogP contribution in [0.2, 0.25) is 0 Å². The van der Waals surface area contributed by atoms with Gasteiger partial charge in [0.05, 0.1) is 0 Å². The summed E-state index contributed by atoms with van der Waals surface area (Å²) in [5, 5.41) is 8.55. The SMILES string of the molecule is Cc1cc(CNC2CC2)ccc1Sc1ncnn1C. The molecule has 100 valence electrons. The summed E-state index contributed by atoms with van der Waals surface area (Å²) in [7, 11) is 1.92. The van der Waals surface area contributed by atoms with Gasteiger partial charge < -0.3 is 5.32 Å². The molecule has 5 heteroatoms. The van der Waals surface area contributed by atoms with Gasteiger partial charge in [0.25, 0.3) is 0 Å². The van der Waals surface area contributed by atoms with Crippen LogP contribution in [-0.4, -0.2) is 20.8 Å². The minimum Gasteiger partial charge on any atom is -0.310 e. The topological polar surface area (TPSA) is 42.7 Å². The van der Waals surface area contributed by atoms with Crippen molar-refractivity contribution in [2.24, 2.45) is 7.05 Å². The maximum atomic E-state index is 4.24. The Balaban J connectivity index is 1.70. The molecule has 1 aliphatic carbocycles. The zero-order valence-electron chi connectivity index (χ0n) is 11.3. The number of rotatable bonds is 5. The highest BCUT2D eigenvalue weighted by atomic mass is 32.2. The molecule has 1 heterocycles. The quantitative estimate of drug-likeness (QED) is 0.910. The van der Waals surface area contributed by atoms with E-state index in [4.69, 9.17) is 0 Å². The Morgan fingerprint density at radius 2 is 2.26 bits per heavy atom. The van der Waals surface area contributed by atoms with Crippen LogP contribution in [-0.2, 0) is 13.6 Å². The fraction of sp³-hybridized carbons (Fsp3) is 0.429. The normalized spacial score (nSPS) is 14.8. The molecule has 1 aromatic carbocycles. The van der Waals surface area contributed by atoms with Crippen molar-refractivity contribution in [3.8, 4) is 0 Å². The average molecular weight is 274 g/mol. The van der Waals surface area contributed by atoms with Crippen LogP contribution < -0.4 is 5.32 Å². The lowest BCUT2D eigenvalue weighted by Gasteiger charge is -2.08. The lowest BCUT2D eigenvalue weighted by atomic mass is 10.1. The Labute approximate surface area is 117 Å². The van der Waals surface area contributed by atoms with Crippen LogP contribution in [0.1, 0.15) is 24.0 Å². The van der Waals surface area contributed by atoms with Crippen molar-refractivity contribution in [2.75, 3.05) is 0 Å². The zero-order chi connectivity index (χ0) is 13.2. The van der Waals surface area contributed by atoms with E-state index >= 15 is 0 Å². The zero-order valence-corrected chi connectivity index (χ0v) is 12.1. The molecule has 0 spiro atoms. The Morgan fingerprint density at radius 1 is 1.42 bits per heavy atom. The summed E-state index contributed by atoms with van der Waals surface area (Å²) < 4.78 is 1.80. The molecular weight excluding hydrogens is 256 g/mol. The Bertz CT molecular complexity index is 575. The first-order valence-electron chi connectivity index (χ1n) is 6.57. The van der Waals surface area contributed by atoms with Crippen LogP contribution >= 0.6 is 11.8 Å². The first-order valence-corrected chi connectivity index (χ1v) is 7.39. The molecule has 1 aromatic heterocycles. The molecular formula is C14H18N4S. The average Bonchev–Trinajstić information content (AvgIpc) is 3.14. The third-order valence-electron chi connectivity index (χ3n) is 3.28. The third-order valence-corrected chi connectivity index (χ3v) is 4.51. The Morgan fingerprint density at radius 3 is 2.89 bits per heavy atom. The van der Waals surface area contributed by atoms with E-state index in [0.717, 1.165) is 17.7 Å². The number of hydrogen-bond donors (Lipinski definition) is 1. The summed E-state index contributed by atoms with van der Waals surface area (Å²) in [6.07, 6.45) is 4.25. The van der Waals surface area contributed by atoms with Gasteiger partial charge >= 0.3 is 0 Å². The van der Waals surface area contributed by atoms with Gasteiger partial charge in [0, 0.05) is 24.5 Å². The number of nitrogens with zero attached hydrogens (tertiary/aromatic N) is 3. The van der Waals surface area contributed by atoms with Gasteiger partial charge in [-0.1, -0.05) is 12.1 Å². The fourth-order valence-corrected chi connectivity index (χ4v) is 2.79. The van der Waals surface area contributed by atoms with E-state index < -0.39 is 0 Å². The van der Waals surface area contributed by atoms with E-state index in [0.29, 0.717) is 0 Å². The molecule has 3 rings (SSSR count). The second kappa shape index (κ2) is 5.35. The van der Waals surface area contributed by atoms with E-state index in [9.17, 15) is 0 Å². The Hall–Kier alpha value is -1.33. The molecule has 1 fully saturated rings. The lowest BCUT2D eigenvalue weighted by molar-refractivity contribution is 0.684. The van der Waals surface area contributed by atoms with E-state index in [2.05, 4.69) is 40.5 Å². The molecule has 0 bridgehead atoms. The van der Waals surface area contributed by atoms with Crippen LogP contribution in [0.3, 0.4) is 0 Å². The second-order valence-electron chi connectivity index (χ2n) is 5.02. The van der Waals surface area contributed by atoms with Crippen molar-refractivity contribution in [3.63, 3.8) is 0 Å². The smallest absolute Gasteiger partial charge is 0.190 e. The van der Waals surface area contributed by atoms with E-state index in [-0.39, 0.29) is 0 Å². The molecule has 0 unspecified atom stereocenters. The summed E-state index contributed by atoms with van der Waals surface area (Å²) in [6.45, 7) is 3.12. The van der Waals surface area contributed by atoms with Crippen LogP contribution in [0.25, 0.3) is 0 Å². The largest absolute Gasteiger partial charge is 0.310 e. The van der Waals surface area contributed by atoms with Crippen molar-refractivity contribution in [2.45, 2.75) is 42.4 Å². The Kier molecular flexibility index (Phi) is 3.57. The summed E-state index contributed by atoms with van der Waals surface area (Å²) in [6, 6.07) is 7.39. The molecule has 2 aromatic rings. The standard InChI is InChI=1S/C14H18N4S/c1-10-7-11(8-15-12-4-5-12)3-6-13(10)19-14-16-9-17-18(14)2/h3,6-7,9,12,15H,4-5,8H2,1-2H3. The second-order valence-corrected chi connectivity index (χ2v) is 6.03. The van der Waals surface area contributed by atoms with Gasteiger partial charge in [-0.2, -0.15) is 5.10 Å². The molecule has 0 radical (unpaired) electrons. The molecule has 0 saturated heterocycles. The molecule has 0 atom stereocenters. The molecule has 0 aliphatic heterocycles. The molecule has 1 aliphatic rings. The van der Waals surface area contributed by atoms with Crippen LogP contribution in [0, 0.1) is 6.92 Å². The van der Waals surface area contributed by atoms with E-state index in [1.807, 2.05) is 7.05 Å². The van der Waals surface area contributed by atoms with Gasteiger partial charge in [-0.25, -0.2) is 9.67 Å². The van der Waals surface area contributed by atoms with Gasteiger partial charge in [-0.15, -0.1) is 0 Å². The van der Waals surface area contributed by atoms with E-state index in [1.54, 1.807) is 22.8 Å². The van der Waals surface area contributed by atoms with Crippen LogP contribution in [0.5, 0.6) is 0 Å². The van der Waals surface area contributed by atoms with Gasteiger partial charge in [0.15, 0.2) is 5.16 Å². The lowest BCUT2D eigenvalue weighted by Crippen LogP contribution is -2.15. The summed E-state index contributed by atoms with van der Waals surface area (Å²) >= 11 is 1.66. The number of aryl methyl sites for hydroxylation is 2. The van der Waals surface area contributed by atoms with E-state index in [1.165, 1.54) is 28.9 Å². The predicted molar refractivity (Wildman–Crippen MR) is 76.2 cm³/mol. The first kappa shape index (κ1) is 12.7. The first-order chi connectivity index (χ1) is 9.22. The van der Waals surface area contributed by atoms with Crippen molar-refractivity contribution >= 4 is 11.8 Å². The van der Waals surface area contributed by atoms with Gasteiger partial charge in [0.2, 0.25) is 0 Å².